The molecule has 0 heterocycles. The Morgan fingerprint density at radius 2 is 2.20 bits per heavy atom. The zero-order chi connectivity index (χ0) is 11.3. The molecule has 0 atom stereocenters. The zero-order valence-corrected chi connectivity index (χ0v) is 8.36. The van der Waals surface area contributed by atoms with Gasteiger partial charge in [0.05, 0.1) is 12.2 Å². The molecule has 0 spiro atoms. The molecule has 0 unspecified atom stereocenters. The third kappa shape index (κ3) is 2.85. The number of hydrogen-bond donors (Lipinski definition) is 3. The Bertz CT molecular complexity index is 351. The fourth-order valence-electron chi connectivity index (χ4n) is 1.08. The van der Waals surface area contributed by atoms with E-state index in [2.05, 4.69) is 5.32 Å². The molecule has 0 saturated heterocycles. The van der Waals surface area contributed by atoms with Gasteiger partial charge in [-0.3, -0.25) is 4.79 Å². The van der Waals surface area contributed by atoms with E-state index in [-0.39, 0.29) is 11.3 Å². The summed E-state index contributed by atoms with van der Waals surface area (Å²) in [6.07, 6.45) is 0. The van der Waals surface area contributed by atoms with Crippen molar-refractivity contribution in [2.45, 2.75) is 0 Å². The van der Waals surface area contributed by atoms with Crippen LogP contribution in [0.25, 0.3) is 0 Å². The Balaban J connectivity index is 2.69. The molecule has 15 heavy (non-hydrogen) atoms. The SMILES string of the molecule is COCCNC(=O)c1cccc(O)c1O. The monoisotopic (exact) mass is 211 g/mol. The van der Waals surface area contributed by atoms with E-state index in [4.69, 9.17) is 9.84 Å². The van der Waals surface area contributed by atoms with E-state index in [0.717, 1.165) is 0 Å². The number of carbonyl (C=O) groups is 1. The highest BCUT2D eigenvalue weighted by molar-refractivity contribution is 5.97. The molecule has 1 aromatic carbocycles. The first kappa shape index (κ1) is 11.3. The highest BCUT2D eigenvalue weighted by Gasteiger charge is 2.12. The summed E-state index contributed by atoms with van der Waals surface area (Å²) in [5.41, 5.74) is 0.0473. The third-order valence-corrected chi connectivity index (χ3v) is 1.85. The number of rotatable bonds is 4. The highest BCUT2D eigenvalue weighted by Crippen LogP contribution is 2.27. The number of hydrogen-bond acceptors (Lipinski definition) is 4. The smallest absolute Gasteiger partial charge is 0.255 e. The van der Waals surface area contributed by atoms with E-state index in [9.17, 15) is 9.90 Å². The predicted octanol–water partition coefficient (Wildman–Crippen LogP) is 0.474. The van der Waals surface area contributed by atoms with Crippen molar-refractivity contribution in [1.29, 1.82) is 0 Å². The van der Waals surface area contributed by atoms with E-state index in [0.29, 0.717) is 13.2 Å². The number of phenolic OH excluding ortho intramolecular Hbond substituents is 2. The van der Waals surface area contributed by atoms with Gasteiger partial charge in [0.15, 0.2) is 11.5 Å². The molecular weight excluding hydrogens is 198 g/mol. The predicted molar refractivity (Wildman–Crippen MR) is 54.0 cm³/mol. The van der Waals surface area contributed by atoms with E-state index >= 15 is 0 Å². The van der Waals surface area contributed by atoms with Gasteiger partial charge in [0.2, 0.25) is 0 Å². The van der Waals surface area contributed by atoms with Gasteiger partial charge in [-0.15, -0.1) is 0 Å². The average molecular weight is 211 g/mol. The van der Waals surface area contributed by atoms with E-state index in [1.165, 1.54) is 25.3 Å². The summed E-state index contributed by atoms with van der Waals surface area (Å²) in [5.74, 6) is -1.16. The van der Waals surface area contributed by atoms with Crippen molar-refractivity contribution >= 4 is 5.91 Å². The van der Waals surface area contributed by atoms with Crippen LogP contribution < -0.4 is 5.32 Å². The van der Waals surface area contributed by atoms with Crippen LogP contribution in [-0.4, -0.2) is 36.4 Å². The molecule has 0 fully saturated rings. The molecule has 82 valence electrons. The summed E-state index contributed by atoms with van der Waals surface area (Å²) >= 11 is 0. The average Bonchev–Trinajstić information content (AvgIpc) is 2.22. The minimum absolute atomic E-state index is 0.0473. The summed E-state index contributed by atoms with van der Waals surface area (Å²) in [4.78, 5) is 11.5. The van der Waals surface area contributed by atoms with Crippen LogP contribution in [0, 0.1) is 0 Å². The molecule has 0 aliphatic carbocycles. The van der Waals surface area contributed by atoms with Crippen LogP contribution in [0.3, 0.4) is 0 Å². The first-order valence-corrected chi connectivity index (χ1v) is 4.45. The van der Waals surface area contributed by atoms with Crippen molar-refractivity contribution in [3.05, 3.63) is 23.8 Å². The molecule has 0 bridgehead atoms. The summed E-state index contributed by atoms with van der Waals surface area (Å²) in [7, 11) is 1.53. The molecule has 1 aromatic rings. The molecule has 1 rings (SSSR count). The minimum atomic E-state index is -0.444. The number of para-hydroxylation sites is 1. The first-order valence-electron chi connectivity index (χ1n) is 4.45. The molecule has 0 aromatic heterocycles. The topological polar surface area (TPSA) is 78.8 Å². The van der Waals surface area contributed by atoms with Crippen molar-refractivity contribution in [3.63, 3.8) is 0 Å². The number of phenols is 2. The Morgan fingerprint density at radius 1 is 1.47 bits per heavy atom. The number of aromatic hydroxyl groups is 2. The first-order chi connectivity index (χ1) is 7.16. The van der Waals surface area contributed by atoms with Crippen LogP contribution >= 0.6 is 0 Å². The Labute approximate surface area is 87.3 Å². The van der Waals surface area contributed by atoms with Gasteiger partial charge in [0.1, 0.15) is 0 Å². The molecule has 0 aliphatic heterocycles. The van der Waals surface area contributed by atoms with Gasteiger partial charge in [-0.2, -0.15) is 0 Å². The maximum Gasteiger partial charge on any atom is 0.255 e. The number of nitrogens with one attached hydrogen (secondary N) is 1. The zero-order valence-electron chi connectivity index (χ0n) is 8.36. The quantitative estimate of drug-likeness (QED) is 0.499. The summed E-state index contributed by atoms with van der Waals surface area (Å²) in [6.45, 7) is 0.746. The maximum atomic E-state index is 11.5. The number of benzene rings is 1. The van der Waals surface area contributed by atoms with Crippen molar-refractivity contribution in [2.24, 2.45) is 0 Å². The fourth-order valence-corrected chi connectivity index (χ4v) is 1.08. The lowest BCUT2D eigenvalue weighted by molar-refractivity contribution is 0.0934. The van der Waals surface area contributed by atoms with E-state index in [1.807, 2.05) is 0 Å². The Kier molecular flexibility index (Phi) is 3.93. The van der Waals surface area contributed by atoms with Gasteiger partial charge < -0.3 is 20.3 Å². The summed E-state index contributed by atoms with van der Waals surface area (Å²) < 4.78 is 4.76. The molecule has 5 heteroatoms. The summed E-state index contributed by atoms with van der Waals surface area (Å²) in [5, 5.41) is 21.1. The molecule has 0 saturated carbocycles. The lowest BCUT2D eigenvalue weighted by Gasteiger charge is -2.06. The van der Waals surface area contributed by atoms with Crippen LogP contribution in [0.1, 0.15) is 10.4 Å². The minimum Gasteiger partial charge on any atom is -0.504 e. The number of methoxy groups -OCH3 is 1. The van der Waals surface area contributed by atoms with Crippen molar-refractivity contribution < 1.29 is 19.7 Å². The summed E-state index contributed by atoms with van der Waals surface area (Å²) in [6, 6.07) is 4.22. The van der Waals surface area contributed by atoms with Crippen LogP contribution in [0.2, 0.25) is 0 Å². The fraction of sp³-hybridized carbons (Fsp3) is 0.300. The van der Waals surface area contributed by atoms with E-state index in [1.54, 1.807) is 0 Å². The molecular formula is C10H13NO4. The van der Waals surface area contributed by atoms with Crippen LogP contribution in [0.4, 0.5) is 0 Å². The largest absolute Gasteiger partial charge is 0.504 e. The van der Waals surface area contributed by atoms with Gasteiger partial charge in [0.25, 0.3) is 5.91 Å². The van der Waals surface area contributed by atoms with Gasteiger partial charge in [-0.05, 0) is 12.1 Å². The second-order valence-electron chi connectivity index (χ2n) is 2.92. The van der Waals surface area contributed by atoms with Gasteiger partial charge >= 0.3 is 0 Å². The normalized spacial score (nSPS) is 9.93. The van der Waals surface area contributed by atoms with Crippen molar-refractivity contribution in [2.75, 3.05) is 20.3 Å². The molecule has 3 N–H and O–H groups in total. The maximum absolute atomic E-state index is 11.5. The van der Waals surface area contributed by atoms with Gasteiger partial charge in [-0.1, -0.05) is 6.07 Å². The van der Waals surface area contributed by atoms with Crippen LogP contribution in [0.15, 0.2) is 18.2 Å². The van der Waals surface area contributed by atoms with Gasteiger partial charge in [0, 0.05) is 13.7 Å². The lowest BCUT2D eigenvalue weighted by atomic mass is 10.1. The Morgan fingerprint density at radius 3 is 2.87 bits per heavy atom. The standard InChI is InChI=1S/C10H13NO4/c1-15-6-5-11-10(14)7-3-2-4-8(12)9(7)13/h2-4,12-13H,5-6H2,1H3,(H,11,14). The van der Waals surface area contributed by atoms with Crippen LogP contribution in [0.5, 0.6) is 11.5 Å². The second-order valence-corrected chi connectivity index (χ2v) is 2.92. The Hall–Kier alpha value is -1.75. The molecule has 5 nitrogen and oxygen atoms in total. The number of amides is 1. The van der Waals surface area contributed by atoms with E-state index < -0.39 is 11.7 Å². The molecule has 0 aliphatic rings. The number of ether oxygens (including phenoxy) is 1. The number of carbonyl (C=O) groups excluding carboxylic acids is 1. The van der Waals surface area contributed by atoms with Crippen molar-refractivity contribution in [1.82, 2.24) is 5.32 Å². The van der Waals surface area contributed by atoms with Crippen molar-refractivity contribution in [3.8, 4) is 11.5 Å². The lowest BCUT2D eigenvalue weighted by Crippen LogP contribution is -2.26. The molecule has 1 amide bonds. The van der Waals surface area contributed by atoms with Crippen LogP contribution in [-0.2, 0) is 4.74 Å². The molecule has 0 radical (unpaired) electrons. The van der Waals surface area contributed by atoms with Gasteiger partial charge in [-0.25, -0.2) is 0 Å². The highest BCUT2D eigenvalue weighted by atomic mass is 16.5. The third-order valence-electron chi connectivity index (χ3n) is 1.85. The second kappa shape index (κ2) is 5.21.